The average molecular weight is 318 g/mol. The Bertz CT molecular complexity index is 608. The first-order valence-electron chi connectivity index (χ1n) is 7.75. The summed E-state index contributed by atoms with van der Waals surface area (Å²) in [7, 11) is 3.98. The Kier molecular flexibility index (Phi) is 4.64. The molecule has 5 heteroatoms. The third-order valence-electron chi connectivity index (χ3n) is 4.17. The number of carbonyl (C=O) groups is 1. The van der Waals surface area contributed by atoms with Crippen molar-refractivity contribution in [3.63, 3.8) is 0 Å². The van der Waals surface area contributed by atoms with Crippen LogP contribution in [0, 0.1) is 0 Å². The minimum absolute atomic E-state index is 0.0257. The number of nitrogens with one attached hydrogen (secondary N) is 1. The van der Waals surface area contributed by atoms with Crippen LogP contribution in [-0.4, -0.2) is 31.4 Å². The third-order valence-corrected chi connectivity index (χ3v) is 5.41. The van der Waals surface area contributed by atoms with Crippen molar-refractivity contribution >= 4 is 17.2 Å². The fourth-order valence-electron chi connectivity index (χ4n) is 2.90. The molecule has 2 aromatic rings. The molecule has 1 aliphatic carbocycles. The zero-order chi connectivity index (χ0) is 15.5. The number of thiophene rings is 1. The van der Waals surface area contributed by atoms with Crippen molar-refractivity contribution in [1.29, 1.82) is 0 Å². The fourth-order valence-corrected chi connectivity index (χ4v) is 4.07. The van der Waals surface area contributed by atoms with Gasteiger partial charge < -0.3 is 9.73 Å². The predicted molar refractivity (Wildman–Crippen MR) is 88.4 cm³/mol. The minimum Gasteiger partial charge on any atom is -0.468 e. The van der Waals surface area contributed by atoms with Gasteiger partial charge in [-0.25, -0.2) is 0 Å². The summed E-state index contributed by atoms with van der Waals surface area (Å²) in [5.74, 6) is 0.897. The first kappa shape index (κ1) is 15.3. The zero-order valence-corrected chi connectivity index (χ0v) is 13.9. The van der Waals surface area contributed by atoms with Crippen molar-refractivity contribution in [2.45, 2.75) is 31.7 Å². The Morgan fingerprint density at radius 2 is 2.23 bits per heavy atom. The number of nitrogens with zero attached hydrogens (tertiary/aromatic N) is 1. The summed E-state index contributed by atoms with van der Waals surface area (Å²) < 4.78 is 5.47. The van der Waals surface area contributed by atoms with Gasteiger partial charge in [-0.2, -0.15) is 0 Å². The summed E-state index contributed by atoms with van der Waals surface area (Å²) in [6.45, 7) is 0.544. The van der Waals surface area contributed by atoms with Gasteiger partial charge in [0.1, 0.15) is 5.76 Å². The Balaban J connectivity index is 1.65. The van der Waals surface area contributed by atoms with Gasteiger partial charge in [0.2, 0.25) is 0 Å². The molecule has 1 amide bonds. The molecule has 0 aliphatic heterocycles. The van der Waals surface area contributed by atoms with Gasteiger partial charge in [-0.3, -0.25) is 9.69 Å². The molecule has 3 rings (SSSR count). The molecule has 0 bridgehead atoms. The van der Waals surface area contributed by atoms with Crippen LogP contribution in [0.15, 0.2) is 28.9 Å². The summed E-state index contributed by atoms with van der Waals surface area (Å²) in [4.78, 5) is 16.7. The second-order valence-electron chi connectivity index (χ2n) is 5.97. The van der Waals surface area contributed by atoms with E-state index in [2.05, 4.69) is 16.3 Å². The van der Waals surface area contributed by atoms with Crippen LogP contribution >= 0.6 is 11.3 Å². The maximum absolute atomic E-state index is 12.4. The van der Waals surface area contributed by atoms with Crippen LogP contribution in [0.3, 0.4) is 0 Å². The van der Waals surface area contributed by atoms with Crippen LogP contribution in [0.2, 0.25) is 0 Å². The minimum atomic E-state index is 0.0257. The van der Waals surface area contributed by atoms with Crippen LogP contribution in [0.5, 0.6) is 0 Å². The maximum atomic E-state index is 12.4. The highest BCUT2D eigenvalue weighted by atomic mass is 32.1. The van der Waals surface area contributed by atoms with E-state index in [9.17, 15) is 4.79 Å². The van der Waals surface area contributed by atoms with Gasteiger partial charge in [0, 0.05) is 11.4 Å². The summed E-state index contributed by atoms with van der Waals surface area (Å²) in [5.41, 5.74) is 1.37. The second-order valence-corrected chi connectivity index (χ2v) is 7.11. The van der Waals surface area contributed by atoms with E-state index in [4.69, 9.17) is 4.42 Å². The molecule has 0 saturated carbocycles. The highest BCUT2D eigenvalue weighted by Crippen LogP contribution is 2.29. The van der Waals surface area contributed by atoms with Crippen LogP contribution < -0.4 is 5.32 Å². The molecule has 22 heavy (non-hydrogen) atoms. The lowest BCUT2D eigenvalue weighted by Crippen LogP contribution is -2.34. The normalized spacial score (nSPS) is 15.6. The first-order valence-corrected chi connectivity index (χ1v) is 8.56. The van der Waals surface area contributed by atoms with E-state index in [-0.39, 0.29) is 11.9 Å². The highest BCUT2D eigenvalue weighted by Gasteiger charge is 2.20. The quantitative estimate of drug-likeness (QED) is 0.920. The lowest BCUT2D eigenvalue weighted by atomic mass is 9.99. The van der Waals surface area contributed by atoms with Gasteiger partial charge in [0.15, 0.2) is 0 Å². The summed E-state index contributed by atoms with van der Waals surface area (Å²) in [5, 5.41) is 3.05. The van der Waals surface area contributed by atoms with E-state index in [1.54, 1.807) is 17.6 Å². The SMILES string of the molecule is CN(C)C(CNC(=O)c1cc2c(s1)CCCC2)c1ccco1. The van der Waals surface area contributed by atoms with Gasteiger partial charge in [0.25, 0.3) is 5.91 Å². The van der Waals surface area contributed by atoms with Crippen LogP contribution in [0.4, 0.5) is 0 Å². The molecule has 2 heterocycles. The van der Waals surface area contributed by atoms with Crippen molar-refractivity contribution in [3.8, 4) is 0 Å². The van der Waals surface area contributed by atoms with Crippen molar-refractivity contribution in [1.82, 2.24) is 10.2 Å². The van der Waals surface area contributed by atoms with Gasteiger partial charge in [-0.05, 0) is 63.5 Å². The standard InChI is InChI=1S/C17H22N2O2S/c1-19(2)13(14-7-5-9-21-14)11-18-17(20)16-10-12-6-3-4-8-15(12)22-16/h5,7,9-10,13H,3-4,6,8,11H2,1-2H3,(H,18,20). The molecule has 0 saturated heterocycles. The number of amides is 1. The van der Waals surface area contributed by atoms with E-state index in [1.165, 1.54) is 23.3 Å². The van der Waals surface area contributed by atoms with Gasteiger partial charge in [-0.1, -0.05) is 0 Å². The first-order chi connectivity index (χ1) is 10.6. The smallest absolute Gasteiger partial charge is 0.261 e. The summed E-state index contributed by atoms with van der Waals surface area (Å²) in [6, 6.07) is 5.95. The molecule has 0 aromatic carbocycles. The van der Waals surface area contributed by atoms with E-state index in [0.717, 1.165) is 23.5 Å². The van der Waals surface area contributed by atoms with E-state index >= 15 is 0 Å². The molecular formula is C17H22N2O2S. The number of furan rings is 1. The van der Waals surface area contributed by atoms with E-state index < -0.39 is 0 Å². The predicted octanol–water partition coefficient (Wildman–Crippen LogP) is 3.25. The Labute approximate surface area is 135 Å². The van der Waals surface area contributed by atoms with E-state index in [0.29, 0.717) is 6.54 Å². The average Bonchev–Trinajstić information content (AvgIpc) is 3.16. The van der Waals surface area contributed by atoms with Crippen molar-refractivity contribution < 1.29 is 9.21 Å². The molecule has 1 N–H and O–H groups in total. The molecule has 1 aliphatic rings. The molecule has 1 unspecified atom stereocenters. The van der Waals surface area contributed by atoms with Crippen molar-refractivity contribution in [3.05, 3.63) is 45.5 Å². The highest BCUT2D eigenvalue weighted by molar-refractivity contribution is 7.14. The number of aryl methyl sites for hydroxylation is 2. The largest absolute Gasteiger partial charge is 0.468 e. The Morgan fingerprint density at radius 3 is 2.91 bits per heavy atom. The number of likely N-dealkylation sites (N-methyl/N-ethyl adjacent to an activating group) is 1. The van der Waals surface area contributed by atoms with Gasteiger partial charge in [0.05, 0.1) is 17.2 Å². The fraction of sp³-hybridized carbons (Fsp3) is 0.471. The molecule has 118 valence electrons. The zero-order valence-electron chi connectivity index (χ0n) is 13.1. The van der Waals surface area contributed by atoms with Gasteiger partial charge >= 0.3 is 0 Å². The topological polar surface area (TPSA) is 45.5 Å². The van der Waals surface area contributed by atoms with Gasteiger partial charge in [-0.15, -0.1) is 11.3 Å². The number of rotatable bonds is 5. The maximum Gasteiger partial charge on any atom is 0.261 e. The van der Waals surface area contributed by atoms with Crippen molar-refractivity contribution in [2.24, 2.45) is 0 Å². The third kappa shape index (κ3) is 3.25. The summed E-state index contributed by atoms with van der Waals surface area (Å²) in [6.07, 6.45) is 6.40. The molecule has 2 aromatic heterocycles. The Morgan fingerprint density at radius 1 is 1.41 bits per heavy atom. The monoisotopic (exact) mass is 318 g/mol. The molecule has 4 nitrogen and oxygen atoms in total. The molecule has 1 atom stereocenters. The van der Waals surface area contributed by atoms with E-state index in [1.807, 2.05) is 26.2 Å². The molecular weight excluding hydrogens is 296 g/mol. The summed E-state index contributed by atoms with van der Waals surface area (Å²) >= 11 is 1.65. The lowest BCUT2D eigenvalue weighted by Gasteiger charge is -2.22. The second kappa shape index (κ2) is 6.67. The van der Waals surface area contributed by atoms with Crippen LogP contribution in [0.1, 0.15) is 44.8 Å². The van der Waals surface area contributed by atoms with Crippen LogP contribution in [0.25, 0.3) is 0 Å². The number of fused-ring (bicyclic) bond motifs is 1. The number of hydrogen-bond acceptors (Lipinski definition) is 4. The Hall–Kier alpha value is -1.59. The molecule has 0 radical (unpaired) electrons. The lowest BCUT2D eigenvalue weighted by molar-refractivity contribution is 0.0943. The number of hydrogen-bond donors (Lipinski definition) is 1. The number of carbonyl (C=O) groups excluding carboxylic acids is 1. The van der Waals surface area contributed by atoms with Crippen molar-refractivity contribution in [2.75, 3.05) is 20.6 Å². The van der Waals surface area contributed by atoms with Crippen LogP contribution in [-0.2, 0) is 12.8 Å². The molecule has 0 fully saturated rings. The molecule has 0 spiro atoms.